The number of benzene rings is 2. The molecule has 1 aliphatic heterocycles. The molecule has 0 aromatic heterocycles. The topological polar surface area (TPSA) is 49.9 Å². The van der Waals surface area contributed by atoms with Crippen LogP contribution < -0.4 is 9.64 Å². The van der Waals surface area contributed by atoms with Crippen LogP contribution in [-0.4, -0.2) is 46.0 Å². The summed E-state index contributed by atoms with van der Waals surface area (Å²) in [5.74, 6) is 0.328. The zero-order valence-electron chi connectivity index (χ0n) is 16.1. The summed E-state index contributed by atoms with van der Waals surface area (Å²) >= 11 is 6.18. The predicted octanol–water partition coefficient (Wildman–Crippen LogP) is 3.78. The van der Waals surface area contributed by atoms with Gasteiger partial charge in [0.05, 0.1) is 7.11 Å². The Morgan fingerprint density at radius 3 is 2.11 bits per heavy atom. The van der Waals surface area contributed by atoms with Gasteiger partial charge in [0.25, 0.3) is 0 Å². The van der Waals surface area contributed by atoms with Crippen molar-refractivity contribution in [2.75, 3.05) is 38.2 Å². The Labute approximate surface area is 166 Å². The molecule has 1 fully saturated rings. The minimum Gasteiger partial charge on any atom is -0.495 e. The van der Waals surface area contributed by atoms with Gasteiger partial charge in [-0.25, -0.2) is 8.42 Å². The summed E-state index contributed by atoms with van der Waals surface area (Å²) in [7, 11) is -2.20. The zero-order valence-corrected chi connectivity index (χ0v) is 17.7. The van der Waals surface area contributed by atoms with Gasteiger partial charge in [-0.2, -0.15) is 4.31 Å². The molecule has 146 valence electrons. The SMILES string of the molecule is COc1cc(C)c(Cl)cc1S(=O)(=O)N1CCN(c2c(C)cccc2C)CC1. The summed E-state index contributed by atoms with van der Waals surface area (Å²) in [6.45, 7) is 8.13. The number of ether oxygens (including phenoxy) is 1. The first-order chi connectivity index (χ1) is 12.8. The second-order valence-electron chi connectivity index (χ2n) is 6.88. The Hall–Kier alpha value is -1.76. The van der Waals surface area contributed by atoms with Crippen LogP contribution in [0.1, 0.15) is 16.7 Å². The summed E-state index contributed by atoms with van der Waals surface area (Å²) in [4.78, 5) is 2.39. The number of para-hydroxylation sites is 1. The van der Waals surface area contributed by atoms with Crippen molar-refractivity contribution in [3.8, 4) is 5.75 Å². The molecule has 2 aromatic rings. The second kappa shape index (κ2) is 7.70. The van der Waals surface area contributed by atoms with Crippen LogP contribution in [0.5, 0.6) is 5.75 Å². The minimum absolute atomic E-state index is 0.126. The van der Waals surface area contributed by atoms with Crippen molar-refractivity contribution in [3.05, 3.63) is 52.0 Å². The fourth-order valence-corrected chi connectivity index (χ4v) is 5.41. The van der Waals surface area contributed by atoms with Gasteiger partial charge in [-0.05, 0) is 49.6 Å². The Bertz CT molecular complexity index is 932. The number of hydrogen-bond acceptors (Lipinski definition) is 4. The van der Waals surface area contributed by atoms with Gasteiger partial charge >= 0.3 is 0 Å². The molecule has 1 aliphatic rings. The van der Waals surface area contributed by atoms with E-state index in [1.807, 2.05) is 13.0 Å². The van der Waals surface area contributed by atoms with E-state index in [4.69, 9.17) is 16.3 Å². The van der Waals surface area contributed by atoms with Gasteiger partial charge in [0.2, 0.25) is 10.0 Å². The summed E-state index contributed by atoms with van der Waals surface area (Å²) in [5.41, 5.74) is 4.40. The van der Waals surface area contributed by atoms with Crippen molar-refractivity contribution in [3.63, 3.8) is 0 Å². The highest BCUT2D eigenvalue weighted by molar-refractivity contribution is 7.89. The van der Waals surface area contributed by atoms with Crippen molar-refractivity contribution in [1.82, 2.24) is 4.31 Å². The average molecular weight is 409 g/mol. The number of rotatable bonds is 4. The van der Waals surface area contributed by atoms with Crippen molar-refractivity contribution in [2.45, 2.75) is 25.7 Å². The molecular weight excluding hydrogens is 384 g/mol. The summed E-state index contributed by atoms with van der Waals surface area (Å²) in [6.07, 6.45) is 0. The lowest BCUT2D eigenvalue weighted by atomic mass is 10.1. The van der Waals surface area contributed by atoms with Gasteiger partial charge in [-0.15, -0.1) is 0 Å². The smallest absolute Gasteiger partial charge is 0.246 e. The molecule has 5 nitrogen and oxygen atoms in total. The first kappa shape index (κ1) is 20.0. The predicted molar refractivity (Wildman–Crippen MR) is 110 cm³/mol. The number of anilines is 1. The Morgan fingerprint density at radius 1 is 0.963 bits per heavy atom. The van der Waals surface area contributed by atoms with Crippen LogP contribution >= 0.6 is 11.6 Å². The van der Waals surface area contributed by atoms with Crippen LogP contribution in [0.4, 0.5) is 5.69 Å². The number of piperazine rings is 1. The molecule has 0 saturated carbocycles. The molecular formula is C20H25ClN2O3S. The molecule has 0 amide bonds. The summed E-state index contributed by atoms with van der Waals surface area (Å²) in [5, 5.41) is 0.420. The van der Waals surface area contributed by atoms with E-state index in [9.17, 15) is 8.42 Å². The fourth-order valence-electron chi connectivity index (χ4n) is 3.59. The molecule has 7 heteroatoms. The van der Waals surface area contributed by atoms with E-state index < -0.39 is 10.0 Å². The number of halogens is 1. The fraction of sp³-hybridized carbons (Fsp3) is 0.400. The second-order valence-corrected chi connectivity index (χ2v) is 9.20. The third-order valence-electron chi connectivity index (χ3n) is 5.06. The number of sulfonamides is 1. The zero-order chi connectivity index (χ0) is 19.8. The first-order valence-electron chi connectivity index (χ1n) is 8.91. The molecule has 0 aliphatic carbocycles. The van der Waals surface area contributed by atoms with Gasteiger partial charge in [0.15, 0.2) is 0 Å². The van der Waals surface area contributed by atoms with E-state index in [0.29, 0.717) is 37.0 Å². The quantitative estimate of drug-likeness (QED) is 0.772. The average Bonchev–Trinajstić information content (AvgIpc) is 2.64. The lowest BCUT2D eigenvalue weighted by Crippen LogP contribution is -2.49. The lowest BCUT2D eigenvalue weighted by Gasteiger charge is -2.37. The largest absolute Gasteiger partial charge is 0.495 e. The molecule has 0 unspecified atom stereocenters. The van der Waals surface area contributed by atoms with Crippen molar-refractivity contribution in [2.24, 2.45) is 0 Å². The molecule has 3 rings (SSSR count). The molecule has 1 saturated heterocycles. The molecule has 0 bridgehead atoms. The maximum absolute atomic E-state index is 13.2. The third-order valence-corrected chi connectivity index (χ3v) is 7.38. The van der Waals surface area contributed by atoms with Gasteiger partial charge in [0.1, 0.15) is 10.6 Å². The van der Waals surface area contributed by atoms with Gasteiger partial charge < -0.3 is 9.64 Å². The highest BCUT2D eigenvalue weighted by atomic mass is 35.5. The number of nitrogens with zero attached hydrogens (tertiary/aromatic N) is 2. The summed E-state index contributed by atoms with van der Waals surface area (Å²) in [6, 6.07) is 9.38. The maximum Gasteiger partial charge on any atom is 0.246 e. The van der Waals surface area contributed by atoms with Gasteiger partial charge in [0, 0.05) is 36.9 Å². The molecule has 0 atom stereocenters. The molecule has 0 radical (unpaired) electrons. The van der Waals surface area contributed by atoms with E-state index in [-0.39, 0.29) is 4.90 Å². The Morgan fingerprint density at radius 2 is 1.56 bits per heavy atom. The van der Waals surface area contributed by atoms with Gasteiger partial charge in [-0.3, -0.25) is 0 Å². The molecule has 0 spiro atoms. The third kappa shape index (κ3) is 3.79. The first-order valence-corrected chi connectivity index (χ1v) is 10.7. The molecule has 2 aromatic carbocycles. The van der Waals surface area contributed by atoms with Gasteiger partial charge in [-0.1, -0.05) is 29.8 Å². The van der Waals surface area contributed by atoms with E-state index >= 15 is 0 Å². The summed E-state index contributed by atoms with van der Waals surface area (Å²) < 4.78 is 33.2. The molecule has 27 heavy (non-hydrogen) atoms. The van der Waals surface area contributed by atoms with Crippen LogP contribution in [0.25, 0.3) is 0 Å². The van der Waals surface area contributed by atoms with E-state index in [2.05, 4.69) is 30.9 Å². The molecule has 1 heterocycles. The van der Waals surface area contributed by atoms with E-state index in [1.165, 1.54) is 34.3 Å². The lowest BCUT2D eigenvalue weighted by molar-refractivity contribution is 0.374. The Kier molecular flexibility index (Phi) is 5.70. The molecule has 0 N–H and O–H groups in total. The monoisotopic (exact) mass is 408 g/mol. The van der Waals surface area contributed by atoms with Crippen LogP contribution in [0.15, 0.2) is 35.2 Å². The van der Waals surface area contributed by atoms with Crippen LogP contribution in [0.2, 0.25) is 5.02 Å². The highest BCUT2D eigenvalue weighted by Gasteiger charge is 2.32. The van der Waals surface area contributed by atoms with E-state index in [0.717, 1.165) is 5.56 Å². The normalized spacial score (nSPS) is 15.8. The van der Waals surface area contributed by atoms with Crippen molar-refractivity contribution < 1.29 is 13.2 Å². The standard InChI is InChI=1S/C20H25ClN2O3S/c1-14-6-5-7-15(2)20(14)22-8-10-23(11-9-22)27(24,25)19-13-17(21)16(3)12-18(19)26-4/h5-7,12-13H,8-11H2,1-4H3. The maximum atomic E-state index is 13.2. The van der Waals surface area contributed by atoms with Crippen LogP contribution in [-0.2, 0) is 10.0 Å². The van der Waals surface area contributed by atoms with Crippen LogP contribution in [0, 0.1) is 20.8 Å². The van der Waals surface area contributed by atoms with Crippen LogP contribution in [0.3, 0.4) is 0 Å². The number of hydrogen-bond donors (Lipinski definition) is 0. The number of methoxy groups -OCH3 is 1. The van der Waals surface area contributed by atoms with E-state index in [1.54, 1.807) is 6.07 Å². The van der Waals surface area contributed by atoms with Crippen molar-refractivity contribution in [1.29, 1.82) is 0 Å². The van der Waals surface area contributed by atoms with Crippen molar-refractivity contribution >= 4 is 27.3 Å². The minimum atomic E-state index is -3.67. The highest BCUT2D eigenvalue weighted by Crippen LogP contribution is 2.33. The Balaban J connectivity index is 1.85. The number of aryl methyl sites for hydroxylation is 3.